The summed E-state index contributed by atoms with van der Waals surface area (Å²) in [5, 5.41) is 5.79. The smallest absolute Gasteiger partial charge is 0.406 e. The zero-order chi connectivity index (χ0) is 30.7. The van der Waals surface area contributed by atoms with Crippen molar-refractivity contribution in [2.24, 2.45) is 28.1 Å². The zero-order valence-electron chi connectivity index (χ0n) is 24.0. The van der Waals surface area contributed by atoms with Gasteiger partial charge in [-0.25, -0.2) is 10.6 Å². The van der Waals surface area contributed by atoms with Crippen LogP contribution < -0.4 is 32.1 Å². The van der Waals surface area contributed by atoms with Crippen molar-refractivity contribution >= 4 is 23.6 Å². The largest absolute Gasteiger partial charge is 0.573 e. The first kappa shape index (κ1) is 30.9. The predicted molar refractivity (Wildman–Crippen MR) is 153 cm³/mol. The minimum atomic E-state index is -4.80. The number of anilines is 1. The number of ether oxygens (including phenoxy) is 1. The zero-order valence-corrected chi connectivity index (χ0v) is 24.0. The Morgan fingerprint density at radius 3 is 2.19 bits per heavy atom. The third-order valence-corrected chi connectivity index (χ3v) is 8.41. The number of hydrogen-bond donors (Lipinski definition) is 4. The monoisotopic (exact) mass is 589 g/mol. The van der Waals surface area contributed by atoms with Gasteiger partial charge in [-0.1, -0.05) is 32.9 Å². The molecule has 10 nitrogen and oxygen atoms in total. The third-order valence-electron chi connectivity index (χ3n) is 8.41. The molecule has 3 amide bonds. The van der Waals surface area contributed by atoms with Crippen molar-refractivity contribution in [1.82, 2.24) is 15.6 Å². The summed E-state index contributed by atoms with van der Waals surface area (Å²) in [6.45, 7) is 7.51. The van der Waals surface area contributed by atoms with Crippen LogP contribution in [-0.2, 0) is 6.54 Å². The Kier molecular flexibility index (Phi) is 8.90. The number of hydrogen-bond acceptors (Lipinski definition) is 6. The predicted octanol–water partition coefficient (Wildman–Crippen LogP) is 4.82. The molecule has 13 heteroatoms. The molecule has 228 valence electrons. The Labute approximate surface area is 243 Å². The van der Waals surface area contributed by atoms with E-state index in [4.69, 9.17) is 11.7 Å². The number of nitrogens with one attached hydrogen (secondary N) is 2. The van der Waals surface area contributed by atoms with Gasteiger partial charge >= 0.3 is 12.4 Å². The average molecular weight is 590 g/mol. The lowest BCUT2D eigenvalue weighted by atomic mass is 9.65. The molecule has 42 heavy (non-hydrogen) atoms. The van der Waals surface area contributed by atoms with Crippen molar-refractivity contribution < 1.29 is 27.5 Å². The summed E-state index contributed by atoms with van der Waals surface area (Å²) in [5.74, 6) is 10.1. The number of guanidine groups is 1. The molecule has 1 heterocycles. The highest BCUT2D eigenvalue weighted by Gasteiger charge is 2.48. The van der Waals surface area contributed by atoms with Crippen LogP contribution >= 0.6 is 0 Å². The maximum Gasteiger partial charge on any atom is 0.573 e. The quantitative estimate of drug-likeness (QED) is 0.171. The normalized spacial score (nSPS) is 21.8. The molecule has 0 unspecified atom stereocenters. The van der Waals surface area contributed by atoms with Gasteiger partial charge in [0.25, 0.3) is 5.91 Å². The Morgan fingerprint density at radius 2 is 1.67 bits per heavy atom. The van der Waals surface area contributed by atoms with Gasteiger partial charge in [0, 0.05) is 29.9 Å². The van der Waals surface area contributed by atoms with Gasteiger partial charge in [-0.05, 0) is 85.4 Å². The second kappa shape index (κ2) is 12.1. The summed E-state index contributed by atoms with van der Waals surface area (Å²) in [7, 11) is 0. The van der Waals surface area contributed by atoms with Gasteiger partial charge < -0.3 is 15.5 Å². The number of nitrogens with zero attached hydrogens (tertiary/aromatic N) is 3. The number of urea groups is 1. The highest BCUT2D eigenvalue weighted by atomic mass is 19.4. The first-order chi connectivity index (χ1) is 19.7. The topological polar surface area (TPSA) is 138 Å². The van der Waals surface area contributed by atoms with Crippen molar-refractivity contribution in [3.05, 3.63) is 59.7 Å². The molecule has 0 atom stereocenters. The van der Waals surface area contributed by atoms with E-state index in [0.29, 0.717) is 30.3 Å². The van der Waals surface area contributed by atoms with Gasteiger partial charge in [0.05, 0.1) is 0 Å². The highest BCUT2D eigenvalue weighted by molar-refractivity contribution is 6.05. The van der Waals surface area contributed by atoms with Crippen LogP contribution in [0.2, 0.25) is 0 Å². The lowest BCUT2D eigenvalue weighted by Gasteiger charge is -2.54. The summed E-state index contributed by atoms with van der Waals surface area (Å²) < 4.78 is 41.9. The number of benzene rings is 2. The third kappa shape index (κ3) is 7.07. The minimum Gasteiger partial charge on any atom is -0.406 e. The van der Waals surface area contributed by atoms with E-state index in [-0.39, 0.29) is 28.7 Å². The van der Waals surface area contributed by atoms with Gasteiger partial charge in [0.1, 0.15) is 5.75 Å². The number of carbonyl (C=O) groups is 2. The van der Waals surface area contributed by atoms with Gasteiger partial charge in [-0.15, -0.1) is 18.3 Å². The number of nitrogens with two attached hydrogens (primary N) is 2. The van der Waals surface area contributed by atoms with Crippen LogP contribution in [-0.4, -0.2) is 41.2 Å². The molecular formula is C29H38F3N7O3. The fourth-order valence-corrected chi connectivity index (χ4v) is 5.97. The number of rotatable bonds is 5. The number of amides is 3. The van der Waals surface area contributed by atoms with Crippen molar-refractivity contribution in [3.8, 4) is 5.75 Å². The van der Waals surface area contributed by atoms with E-state index in [9.17, 15) is 22.8 Å². The van der Waals surface area contributed by atoms with Crippen LogP contribution in [0.25, 0.3) is 0 Å². The standard InChI is InChI=1S/C29H38F3N7O3/c1-27(2,3)21-12-14-28(15-13-21)16-17-38(22-8-10-23(11-9-22)42-29(30,31)32)26(41)39(28)18-19-4-6-20(7-5-19)24(40)35-25(36-33)37-34/h4-11,21H,12-18,33-34H2,1-3H3,(H2,35,36,37,40). The van der Waals surface area contributed by atoms with Gasteiger partial charge in [-0.2, -0.15) is 0 Å². The van der Waals surface area contributed by atoms with E-state index in [1.165, 1.54) is 24.3 Å². The second-order valence-corrected chi connectivity index (χ2v) is 11.9. The number of hydrazone groups is 1. The second-order valence-electron chi connectivity index (χ2n) is 11.9. The van der Waals surface area contributed by atoms with Crippen molar-refractivity contribution in [2.75, 3.05) is 11.4 Å². The maximum absolute atomic E-state index is 14.1. The summed E-state index contributed by atoms with van der Waals surface area (Å²) in [5.41, 5.74) is 3.69. The van der Waals surface area contributed by atoms with Crippen LogP contribution in [0.4, 0.5) is 23.7 Å². The number of alkyl halides is 3. The van der Waals surface area contributed by atoms with Crippen molar-refractivity contribution in [1.29, 1.82) is 0 Å². The lowest BCUT2D eigenvalue weighted by Crippen LogP contribution is -2.63. The molecule has 2 aromatic rings. The molecule has 0 aromatic heterocycles. The fraction of sp³-hybridized carbons (Fsp3) is 0.483. The summed E-state index contributed by atoms with van der Waals surface area (Å²) in [6.07, 6.45) is -0.354. The Bertz CT molecular complexity index is 1280. The summed E-state index contributed by atoms with van der Waals surface area (Å²) in [4.78, 5) is 30.1. The van der Waals surface area contributed by atoms with E-state index < -0.39 is 12.3 Å². The van der Waals surface area contributed by atoms with Crippen LogP contribution in [0.5, 0.6) is 5.75 Å². The van der Waals surface area contributed by atoms with E-state index >= 15 is 0 Å². The molecule has 2 fully saturated rings. The Morgan fingerprint density at radius 1 is 1.05 bits per heavy atom. The van der Waals surface area contributed by atoms with E-state index in [1.54, 1.807) is 29.2 Å². The molecule has 2 aromatic carbocycles. The van der Waals surface area contributed by atoms with Gasteiger partial charge in [-0.3, -0.25) is 20.4 Å². The molecule has 1 saturated heterocycles. The number of halogens is 3. The van der Waals surface area contributed by atoms with Crippen molar-refractivity contribution in [2.45, 2.75) is 71.3 Å². The van der Waals surface area contributed by atoms with E-state index in [0.717, 1.165) is 37.7 Å². The molecule has 6 N–H and O–H groups in total. The molecule has 1 spiro atoms. The number of carbonyl (C=O) groups excluding carboxylic acids is 2. The molecule has 1 aliphatic heterocycles. The first-order valence-corrected chi connectivity index (χ1v) is 13.8. The molecule has 1 saturated carbocycles. The number of hydrazine groups is 1. The maximum atomic E-state index is 14.1. The molecule has 1 aliphatic carbocycles. The van der Waals surface area contributed by atoms with Crippen LogP contribution in [0, 0.1) is 11.3 Å². The summed E-state index contributed by atoms with van der Waals surface area (Å²) in [6, 6.07) is 12.0. The average Bonchev–Trinajstić information content (AvgIpc) is 2.94. The molecule has 4 rings (SSSR count). The molecule has 0 radical (unpaired) electrons. The molecular weight excluding hydrogens is 551 g/mol. The van der Waals surface area contributed by atoms with E-state index in [1.807, 2.05) is 4.90 Å². The summed E-state index contributed by atoms with van der Waals surface area (Å²) >= 11 is 0. The minimum absolute atomic E-state index is 0.0890. The Hall–Kier alpha value is -4.00. The lowest BCUT2D eigenvalue weighted by molar-refractivity contribution is -0.274. The van der Waals surface area contributed by atoms with Gasteiger partial charge in [0.2, 0.25) is 5.96 Å². The molecule has 0 bridgehead atoms. The Balaban J connectivity index is 1.57. The molecule has 2 aliphatic rings. The SMILES string of the molecule is CC(C)(C)C1CCC2(CC1)CCN(c1ccc(OC(F)(F)F)cc1)C(=O)N2Cc1ccc(C(=O)N/C(=N/N)NN)cc1. The van der Waals surface area contributed by atoms with E-state index in [2.05, 4.69) is 41.4 Å². The first-order valence-electron chi connectivity index (χ1n) is 13.8. The van der Waals surface area contributed by atoms with Crippen LogP contribution in [0.1, 0.15) is 68.8 Å². The van der Waals surface area contributed by atoms with Crippen LogP contribution in [0.15, 0.2) is 53.6 Å². The van der Waals surface area contributed by atoms with Crippen molar-refractivity contribution in [3.63, 3.8) is 0 Å². The fourth-order valence-electron chi connectivity index (χ4n) is 5.97. The highest BCUT2D eigenvalue weighted by Crippen LogP contribution is 2.47. The van der Waals surface area contributed by atoms with Crippen LogP contribution in [0.3, 0.4) is 0 Å². The van der Waals surface area contributed by atoms with Gasteiger partial charge in [0.15, 0.2) is 0 Å².